The van der Waals surface area contributed by atoms with Crippen molar-refractivity contribution < 1.29 is 0 Å². The fraction of sp³-hybridized carbons (Fsp3) is 0.389. The average Bonchev–Trinajstić information content (AvgIpc) is 3.05. The van der Waals surface area contributed by atoms with Crippen LogP contribution < -0.4 is 15.5 Å². The lowest BCUT2D eigenvalue weighted by Gasteiger charge is -2.34. The number of nitrogens with one attached hydrogen (secondary N) is 2. The van der Waals surface area contributed by atoms with E-state index in [0.717, 1.165) is 49.2 Å². The van der Waals surface area contributed by atoms with Crippen molar-refractivity contribution in [3.8, 4) is 0 Å². The summed E-state index contributed by atoms with van der Waals surface area (Å²) in [5, 5.41) is 6.84. The zero-order valence-corrected chi connectivity index (χ0v) is 14.1. The van der Waals surface area contributed by atoms with Gasteiger partial charge in [-0.25, -0.2) is 4.98 Å². The fourth-order valence-electron chi connectivity index (χ4n) is 3.15. The normalized spacial score (nSPS) is 19.4. The molecule has 0 radical (unpaired) electrons. The Morgan fingerprint density at radius 2 is 2.25 bits per heavy atom. The zero-order valence-electron chi connectivity index (χ0n) is 14.1. The molecule has 3 heterocycles. The molecule has 4 rings (SSSR count). The summed E-state index contributed by atoms with van der Waals surface area (Å²) in [5.74, 6) is 1.65. The number of aromatic nitrogens is 2. The van der Waals surface area contributed by atoms with Crippen molar-refractivity contribution in [2.45, 2.75) is 26.4 Å². The highest BCUT2D eigenvalue weighted by molar-refractivity contribution is 5.86. The number of nitrogens with zero attached hydrogens (tertiary/aromatic N) is 4. The Labute approximate surface area is 142 Å². The highest BCUT2D eigenvalue weighted by Gasteiger charge is 2.21. The minimum Gasteiger partial charge on any atom is -0.340 e. The number of aliphatic imine (C=N–C) groups is 1. The van der Waals surface area contributed by atoms with Gasteiger partial charge in [0.1, 0.15) is 5.82 Å². The van der Waals surface area contributed by atoms with Gasteiger partial charge in [0.15, 0.2) is 0 Å². The third kappa shape index (κ3) is 2.85. The lowest BCUT2D eigenvalue weighted by atomic mass is 10.1. The van der Waals surface area contributed by atoms with Gasteiger partial charge in [-0.1, -0.05) is 6.07 Å². The summed E-state index contributed by atoms with van der Waals surface area (Å²) in [5.41, 5.74) is 4.52. The predicted octanol–water partition coefficient (Wildman–Crippen LogP) is 2.26. The van der Waals surface area contributed by atoms with E-state index in [-0.39, 0.29) is 0 Å². The van der Waals surface area contributed by atoms with Crippen molar-refractivity contribution in [3.63, 3.8) is 0 Å². The quantitative estimate of drug-likeness (QED) is 0.907. The van der Waals surface area contributed by atoms with Gasteiger partial charge in [0.2, 0.25) is 5.95 Å². The first kappa shape index (κ1) is 15.1. The Bertz CT molecular complexity index is 785. The maximum absolute atomic E-state index is 4.78. The van der Waals surface area contributed by atoms with Crippen molar-refractivity contribution in [1.29, 1.82) is 0 Å². The molecule has 2 aromatic rings. The van der Waals surface area contributed by atoms with E-state index in [1.54, 1.807) is 0 Å². The summed E-state index contributed by atoms with van der Waals surface area (Å²) in [6.45, 7) is 7.87. The first-order chi connectivity index (χ1) is 11.7. The minimum absolute atomic E-state index is 0.394. The van der Waals surface area contributed by atoms with E-state index in [4.69, 9.17) is 4.98 Å². The number of piperazine rings is 1. The van der Waals surface area contributed by atoms with Crippen LogP contribution in [0.5, 0.6) is 0 Å². The van der Waals surface area contributed by atoms with E-state index >= 15 is 0 Å². The van der Waals surface area contributed by atoms with Crippen LogP contribution in [0.2, 0.25) is 0 Å². The Balaban J connectivity index is 1.60. The van der Waals surface area contributed by atoms with Crippen LogP contribution in [0.25, 0.3) is 0 Å². The molecule has 2 N–H and O–H groups in total. The largest absolute Gasteiger partial charge is 0.340 e. The van der Waals surface area contributed by atoms with E-state index in [9.17, 15) is 0 Å². The molecular formula is C18H22N6. The second kappa shape index (κ2) is 6.20. The van der Waals surface area contributed by atoms with Gasteiger partial charge in [0.25, 0.3) is 0 Å². The number of benzene rings is 1. The van der Waals surface area contributed by atoms with Gasteiger partial charge in [0.05, 0.1) is 6.54 Å². The topological polar surface area (TPSA) is 65.4 Å². The molecule has 6 heteroatoms. The highest BCUT2D eigenvalue weighted by atomic mass is 15.3. The molecule has 1 atom stereocenters. The monoisotopic (exact) mass is 322 g/mol. The maximum Gasteiger partial charge on any atom is 0.227 e. The number of aryl methyl sites for hydroxylation is 1. The lowest BCUT2D eigenvalue weighted by Crippen LogP contribution is -2.50. The molecular weight excluding hydrogens is 300 g/mol. The van der Waals surface area contributed by atoms with Gasteiger partial charge in [-0.2, -0.15) is 4.98 Å². The molecule has 0 amide bonds. The molecule has 1 saturated heterocycles. The van der Waals surface area contributed by atoms with Crippen LogP contribution in [0.3, 0.4) is 0 Å². The smallest absolute Gasteiger partial charge is 0.227 e. The molecule has 24 heavy (non-hydrogen) atoms. The molecule has 1 aromatic heterocycles. The Morgan fingerprint density at radius 3 is 3.12 bits per heavy atom. The van der Waals surface area contributed by atoms with E-state index < -0.39 is 0 Å². The van der Waals surface area contributed by atoms with Gasteiger partial charge >= 0.3 is 0 Å². The summed E-state index contributed by atoms with van der Waals surface area (Å²) in [6.07, 6.45) is 3.83. The van der Waals surface area contributed by atoms with E-state index in [2.05, 4.69) is 50.6 Å². The van der Waals surface area contributed by atoms with Crippen LogP contribution >= 0.6 is 0 Å². The molecule has 6 nitrogen and oxygen atoms in total. The Hall–Kier alpha value is -2.47. The third-order valence-corrected chi connectivity index (χ3v) is 4.62. The first-order valence-electron chi connectivity index (χ1n) is 8.41. The molecule has 0 saturated carbocycles. The second-order valence-electron chi connectivity index (χ2n) is 6.46. The second-order valence-corrected chi connectivity index (χ2v) is 6.46. The SMILES string of the molecule is Cc1cnc(N2CCNCC2C)nc1Nc1ccc2c(c1)C=NC2. The Morgan fingerprint density at radius 1 is 1.33 bits per heavy atom. The fourth-order valence-corrected chi connectivity index (χ4v) is 3.15. The summed E-state index contributed by atoms with van der Waals surface area (Å²) < 4.78 is 0. The van der Waals surface area contributed by atoms with Gasteiger partial charge < -0.3 is 15.5 Å². The molecule has 0 bridgehead atoms. The standard InChI is InChI=1S/C18H22N6/c1-12-8-21-18(24-6-5-19-9-13(24)2)23-17(12)22-16-4-3-14-10-20-11-15(14)7-16/h3-4,7-8,11,13,19H,5-6,9-10H2,1-2H3,(H,21,22,23). The van der Waals surface area contributed by atoms with Gasteiger partial charge in [-0.15, -0.1) is 0 Å². The van der Waals surface area contributed by atoms with Crippen molar-refractivity contribution >= 4 is 23.7 Å². The molecule has 2 aliphatic rings. The molecule has 1 aromatic carbocycles. The van der Waals surface area contributed by atoms with Crippen LogP contribution in [0.4, 0.5) is 17.5 Å². The Kier molecular flexibility index (Phi) is 3.90. The first-order valence-corrected chi connectivity index (χ1v) is 8.41. The summed E-state index contributed by atoms with van der Waals surface area (Å²) in [7, 11) is 0. The number of rotatable bonds is 3. The van der Waals surface area contributed by atoms with Crippen molar-refractivity contribution in [2.24, 2.45) is 4.99 Å². The van der Waals surface area contributed by atoms with Crippen molar-refractivity contribution in [1.82, 2.24) is 15.3 Å². The van der Waals surface area contributed by atoms with E-state index in [1.165, 1.54) is 11.1 Å². The highest BCUT2D eigenvalue weighted by Crippen LogP contribution is 2.24. The van der Waals surface area contributed by atoms with Gasteiger partial charge in [-0.05, 0) is 37.1 Å². The number of anilines is 3. The minimum atomic E-state index is 0.394. The number of fused-ring (bicyclic) bond motifs is 1. The van der Waals surface area contributed by atoms with Gasteiger partial charge in [-0.3, -0.25) is 4.99 Å². The van der Waals surface area contributed by atoms with Crippen LogP contribution in [-0.4, -0.2) is 41.9 Å². The molecule has 124 valence electrons. The predicted molar refractivity (Wildman–Crippen MR) is 97.5 cm³/mol. The summed E-state index contributed by atoms with van der Waals surface area (Å²) in [4.78, 5) is 15.9. The summed E-state index contributed by atoms with van der Waals surface area (Å²) in [6, 6.07) is 6.73. The van der Waals surface area contributed by atoms with Gasteiger partial charge in [0, 0.05) is 49.3 Å². The molecule has 1 unspecified atom stereocenters. The van der Waals surface area contributed by atoms with Crippen LogP contribution in [0.1, 0.15) is 23.6 Å². The number of hydrogen-bond acceptors (Lipinski definition) is 6. The van der Waals surface area contributed by atoms with Crippen molar-refractivity contribution in [3.05, 3.63) is 41.1 Å². The van der Waals surface area contributed by atoms with Crippen LogP contribution in [0.15, 0.2) is 29.4 Å². The lowest BCUT2D eigenvalue weighted by molar-refractivity contribution is 0.493. The third-order valence-electron chi connectivity index (χ3n) is 4.62. The molecule has 1 fully saturated rings. The van der Waals surface area contributed by atoms with E-state index in [1.807, 2.05) is 19.3 Å². The summed E-state index contributed by atoms with van der Waals surface area (Å²) >= 11 is 0. The number of hydrogen-bond donors (Lipinski definition) is 2. The molecule has 2 aliphatic heterocycles. The molecule has 0 spiro atoms. The molecule has 0 aliphatic carbocycles. The van der Waals surface area contributed by atoms with Crippen molar-refractivity contribution in [2.75, 3.05) is 29.9 Å². The average molecular weight is 322 g/mol. The van der Waals surface area contributed by atoms with Crippen LogP contribution in [0, 0.1) is 6.92 Å². The van der Waals surface area contributed by atoms with Crippen LogP contribution in [-0.2, 0) is 6.54 Å². The zero-order chi connectivity index (χ0) is 16.5. The van der Waals surface area contributed by atoms with E-state index in [0.29, 0.717) is 6.04 Å². The maximum atomic E-state index is 4.78.